The van der Waals surface area contributed by atoms with Gasteiger partial charge in [-0.05, 0) is 17.5 Å². The van der Waals surface area contributed by atoms with Crippen LogP contribution in [0.2, 0.25) is 0 Å². The van der Waals surface area contributed by atoms with Crippen molar-refractivity contribution < 1.29 is 0 Å². The SMILES string of the molecule is C=CCn1c(=O)n(C)c(=O)n(Cc2cccc(CC)c2)c1=O. The number of benzene rings is 1. The zero-order chi connectivity index (χ0) is 16.3. The van der Waals surface area contributed by atoms with Gasteiger partial charge in [-0.25, -0.2) is 28.1 Å². The molecule has 0 unspecified atom stereocenters. The molecule has 0 aliphatic carbocycles. The van der Waals surface area contributed by atoms with E-state index >= 15 is 0 Å². The average molecular weight is 301 g/mol. The van der Waals surface area contributed by atoms with E-state index in [0.29, 0.717) is 0 Å². The molecule has 22 heavy (non-hydrogen) atoms. The van der Waals surface area contributed by atoms with Crippen molar-refractivity contribution in [3.63, 3.8) is 0 Å². The molecule has 2 rings (SSSR count). The van der Waals surface area contributed by atoms with E-state index in [-0.39, 0.29) is 13.1 Å². The highest BCUT2D eigenvalue weighted by molar-refractivity contribution is 5.23. The maximum absolute atomic E-state index is 12.4. The molecule has 1 aromatic heterocycles. The Balaban J connectivity index is 2.60. The van der Waals surface area contributed by atoms with Gasteiger partial charge in [-0.15, -0.1) is 6.58 Å². The molecule has 0 fully saturated rings. The van der Waals surface area contributed by atoms with Crippen LogP contribution in [0.3, 0.4) is 0 Å². The predicted molar refractivity (Wildman–Crippen MR) is 85.3 cm³/mol. The van der Waals surface area contributed by atoms with Gasteiger partial charge in [0.2, 0.25) is 0 Å². The molecule has 1 aromatic carbocycles. The van der Waals surface area contributed by atoms with E-state index in [1.165, 1.54) is 13.1 Å². The molecule has 0 aliphatic heterocycles. The molecule has 0 N–H and O–H groups in total. The van der Waals surface area contributed by atoms with Crippen LogP contribution in [0.5, 0.6) is 0 Å². The smallest absolute Gasteiger partial charge is 0.248 e. The van der Waals surface area contributed by atoms with Gasteiger partial charge in [0, 0.05) is 7.05 Å². The van der Waals surface area contributed by atoms with Crippen LogP contribution in [-0.4, -0.2) is 13.7 Å². The van der Waals surface area contributed by atoms with Gasteiger partial charge in [-0.2, -0.15) is 0 Å². The van der Waals surface area contributed by atoms with Crippen molar-refractivity contribution >= 4 is 0 Å². The van der Waals surface area contributed by atoms with E-state index < -0.39 is 17.1 Å². The zero-order valence-corrected chi connectivity index (χ0v) is 12.8. The second-order valence-corrected chi connectivity index (χ2v) is 5.07. The first-order valence-corrected chi connectivity index (χ1v) is 7.09. The Morgan fingerprint density at radius 1 is 1.05 bits per heavy atom. The minimum atomic E-state index is -0.631. The van der Waals surface area contributed by atoms with E-state index in [0.717, 1.165) is 31.2 Å². The van der Waals surface area contributed by atoms with Gasteiger partial charge >= 0.3 is 17.1 Å². The fraction of sp³-hybridized carbons (Fsp3) is 0.312. The molecule has 0 aliphatic rings. The number of aromatic nitrogens is 3. The Morgan fingerprint density at radius 3 is 2.32 bits per heavy atom. The van der Waals surface area contributed by atoms with Gasteiger partial charge in [0.05, 0.1) is 13.1 Å². The van der Waals surface area contributed by atoms with Crippen molar-refractivity contribution in [2.75, 3.05) is 0 Å². The van der Waals surface area contributed by atoms with Crippen LogP contribution < -0.4 is 17.1 Å². The molecule has 1 heterocycles. The summed E-state index contributed by atoms with van der Waals surface area (Å²) >= 11 is 0. The first-order valence-electron chi connectivity index (χ1n) is 7.09. The normalized spacial score (nSPS) is 10.6. The summed E-state index contributed by atoms with van der Waals surface area (Å²) in [5.74, 6) is 0. The second-order valence-electron chi connectivity index (χ2n) is 5.07. The van der Waals surface area contributed by atoms with Gasteiger partial charge in [0.1, 0.15) is 0 Å². The molecule has 0 saturated heterocycles. The van der Waals surface area contributed by atoms with E-state index in [4.69, 9.17) is 0 Å². The molecule has 0 bridgehead atoms. The Labute approximate surface area is 127 Å². The van der Waals surface area contributed by atoms with E-state index in [1.807, 2.05) is 31.2 Å². The fourth-order valence-electron chi connectivity index (χ4n) is 2.30. The Hall–Kier alpha value is -2.63. The zero-order valence-electron chi connectivity index (χ0n) is 12.8. The predicted octanol–water partition coefficient (Wildman–Crippen LogP) is 0.505. The van der Waals surface area contributed by atoms with E-state index in [2.05, 4.69) is 6.58 Å². The van der Waals surface area contributed by atoms with Crippen molar-refractivity contribution in [2.45, 2.75) is 26.4 Å². The van der Waals surface area contributed by atoms with Crippen molar-refractivity contribution in [1.82, 2.24) is 13.7 Å². The summed E-state index contributed by atoms with van der Waals surface area (Å²) in [7, 11) is 1.36. The highest BCUT2D eigenvalue weighted by Crippen LogP contribution is 2.06. The van der Waals surface area contributed by atoms with Gasteiger partial charge < -0.3 is 0 Å². The summed E-state index contributed by atoms with van der Waals surface area (Å²) in [6, 6.07) is 7.69. The van der Waals surface area contributed by atoms with Crippen molar-refractivity contribution in [2.24, 2.45) is 7.05 Å². The molecule has 0 amide bonds. The molecule has 6 nitrogen and oxygen atoms in total. The fourth-order valence-corrected chi connectivity index (χ4v) is 2.30. The quantitative estimate of drug-likeness (QED) is 0.756. The monoisotopic (exact) mass is 301 g/mol. The van der Waals surface area contributed by atoms with E-state index in [9.17, 15) is 14.4 Å². The summed E-state index contributed by atoms with van der Waals surface area (Å²) < 4.78 is 3.01. The van der Waals surface area contributed by atoms with Crippen LogP contribution in [0, 0.1) is 0 Å². The van der Waals surface area contributed by atoms with Crippen LogP contribution in [0.1, 0.15) is 18.1 Å². The van der Waals surface area contributed by atoms with Gasteiger partial charge in [0.25, 0.3) is 0 Å². The van der Waals surface area contributed by atoms with Crippen LogP contribution in [0.15, 0.2) is 51.3 Å². The third kappa shape index (κ3) is 2.86. The van der Waals surface area contributed by atoms with Crippen molar-refractivity contribution in [3.05, 3.63) is 79.5 Å². The summed E-state index contributed by atoms with van der Waals surface area (Å²) in [4.78, 5) is 36.6. The lowest BCUT2D eigenvalue weighted by Crippen LogP contribution is -2.53. The lowest BCUT2D eigenvalue weighted by molar-refractivity contribution is 0.512. The first-order chi connectivity index (χ1) is 10.5. The number of aryl methyl sites for hydroxylation is 1. The number of allylic oxidation sites excluding steroid dienone is 1. The maximum atomic E-state index is 12.4. The number of hydrogen-bond acceptors (Lipinski definition) is 3. The molecule has 2 aromatic rings. The largest absolute Gasteiger partial charge is 0.336 e. The number of rotatable bonds is 5. The molecule has 0 spiro atoms. The minimum absolute atomic E-state index is 0.0702. The van der Waals surface area contributed by atoms with Gasteiger partial charge in [-0.3, -0.25) is 0 Å². The Kier molecular flexibility index (Phi) is 4.60. The van der Waals surface area contributed by atoms with Gasteiger partial charge in [0.15, 0.2) is 0 Å². The highest BCUT2D eigenvalue weighted by Gasteiger charge is 2.12. The summed E-state index contributed by atoms with van der Waals surface area (Å²) in [5.41, 5.74) is 0.115. The standard InChI is InChI=1S/C16H19N3O3/c1-4-9-18-14(20)17(3)15(21)19(16(18)22)11-13-8-6-7-12(5-2)10-13/h4,6-8,10H,1,5,9,11H2,2-3H3. The van der Waals surface area contributed by atoms with Crippen LogP contribution in [0.4, 0.5) is 0 Å². The highest BCUT2D eigenvalue weighted by atomic mass is 16.2. The lowest BCUT2D eigenvalue weighted by atomic mass is 10.1. The van der Waals surface area contributed by atoms with Crippen molar-refractivity contribution in [3.8, 4) is 0 Å². The van der Waals surface area contributed by atoms with Crippen LogP contribution in [-0.2, 0) is 26.6 Å². The van der Waals surface area contributed by atoms with Crippen LogP contribution in [0.25, 0.3) is 0 Å². The Bertz CT molecular complexity index is 871. The first kappa shape index (κ1) is 15.8. The molecular formula is C16H19N3O3. The minimum Gasteiger partial charge on any atom is -0.248 e. The average Bonchev–Trinajstić information content (AvgIpc) is 2.54. The summed E-state index contributed by atoms with van der Waals surface area (Å²) in [6.07, 6.45) is 2.33. The van der Waals surface area contributed by atoms with E-state index in [1.54, 1.807) is 0 Å². The molecule has 6 heteroatoms. The van der Waals surface area contributed by atoms with Crippen molar-refractivity contribution in [1.29, 1.82) is 0 Å². The molecule has 0 atom stereocenters. The lowest BCUT2D eigenvalue weighted by Gasteiger charge is -2.11. The van der Waals surface area contributed by atoms with Crippen LogP contribution >= 0.6 is 0 Å². The second kappa shape index (κ2) is 6.43. The molecular weight excluding hydrogens is 282 g/mol. The molecule has 0 saturated carbocycles. The topological polar surface area (TPSA) is 66.0 Å². The molecule has 116 valence electrons. The Morgan fingerprint density at radius 2 is 1.68 bits per heavy atom. The summed E-state index contributed by atoms with van der Waals surface area (Å²) in [5, 5.41) is 0. The number of hydrogen-bond donors (Lipinski definition) is 0. The third-order valence-corrected chi connectivity index (χ3v) is 3.55. The molecule has 0 radical (unpaired) electrons. The third-order valence-electron chi connectivity index (χ3n) is 3.55. The van der Waals surface area contributed by atoms with Gasteiger partial charge in [-0.1, -0.05) is 37.3 Å². The maximum Gasteiger partial charge on any atom is 0.336 e. The summed E-state index contributed by atoms with van der Waals surface area (Å²) in [6.45, 7) is 5.77. The number of nitrogens with zero attached hydrogens (tertiary/aromatic N) is 3.